The minimum Gasteiger partial charge on any atom is -0.195 e. The molecular weight excluding hydrogens is 797 g/mol. The Bertz CT molecular complexity index is 3400. The summed E-state index contributed by atoms with van der Waals surface area (Å²) in [5, 5.41) is 5.25. The maximum absolute atomic E-state index is 2.65. The van der Waals surface area contributed by atoms with Gasteiger partial charge in [-0.05, 0) is 121 Å². The van der Waals surface area contributed by atoms with E-state index in [1.807, 2.05) is 0 Å². The van der Waals surface area contributed by atoms with Crippen molar-refractivity contribution in [2.24, 2.45) is 5.92 Å². The molecule has 66 heavy (non-hydrogen) atoms. The van der Waals surface area contributed by atoms with E-state index in [4.69, 9.17) is 0 Å². The number of hydrogen-bond donors (Lipinski definition) is 0. The van der Waals surface area contributed by atoms with Gasteiger partial charge in [0, 0.05) is 30.0 Å². The van der Waals surface area contributed by atoms with Crippen LogP contribution >= 0.6 is 0 Å². The number of rotatable bonds is 8. The molecule has 12 rings (SSSR count). The van der Waals surface area contributed by atoms with Crippen molar-refractivity contribution in [1.82, 2.24) is 0 Å². The van der Waals surface area contributed by atoms with Gasteiger partial charge >= 0.3 is 0 Å². The van der Waals surface area contributed by atoms with Crippen LogP contribution in [0.2, 0.25) is 0 Å². The lowest BCUT2D eigenvalue weighted by atomic mass is 9.74. The van der Waals surface area contributed by atoms with Gasteiger partial charge in [-0.15, -0.1) is 0 Å². The highest BCUT2D eigenvalue weighted by atomic mass is 15.1. The van der Waals surface area contributed by atoms with Gasteiger partial charge in [0.05, 0.1) is 27.8 Å². The van der Waals surface area contributed by atoms with E-state index in [0.29, 0.717) is 12.0 Å². The van der Waals surface area contributed by atoms with E-state index in [9.17, 15) is 0 Å². The number of aromatic nitrogens is 2. The maximum Gasteiger partial charge on any atom is 0.221 e. The van der Waals surface area contributed by atoms with Gasteiger partial charge in [-0.3, -0.25) is 0 Å². The van der Waals surface area contributed by atoms with Crippen LogP contribution in [0, 0.1) is 5.92 Å². The number of hydrogen-bond acceptors (Lipinski definition) is 0. The van der Waals surface area contributed by atoms with E-state index in [-0.39, 0.29) is 12.0 Å². The molecule has 0 fully saturated rings. The quantitative estimate of drug-likeness (QED) is 0.135. The molecule has 4 heterocycles. The second kappa shape index (κ2) is 16.5. The summed E-state index contributed by atoms with van der Waals surface area (Å²) in [5.74, 6) is 0.558. The average Bonchev–Trinajstić information content (AvgIpc) is 3.65. The average molecular weight is 851 g/mol. The first kappa shape index (κ1) is 40.1. The van der Waals surface area contributed by atoms with Gasteiger partial charge in [-0.25, -0.2) is 0 Å². The summed E-state index contributed by atoms with van der Waals surface area (Å²) in [6.07, 6.45) is 8.09. The molecule has 0 N–H and O–H groups in total. The van der Waals surface area contributed by atoms with Crippen LogP contribution in [-0.2, 0) is 6.42 Å². The molecule has 2 nitrogen and oxygen atoms in total. The van der Waals surface area contributed by atoms with E-state index >= 15 is 0 Å². The zero-order valence-electron chi connectivity index (χ0n) is 38.0. The Morgan fingerprint density at radius 3 is 1.73 bits per heavy atom. The highest BCUT2D eigenvalue weighted by Gasteiger charge is 2.51. The molecule has 2 aliphatic rings. The zero-order chi connectivity index (χ0) is 44.3. The van der Waals surface area contributed by atoms with Crippen molar-refractivity contribution in [1.29, 1.82) is 0 Å². The van der Waals surface area contributed by atoms with Gasteiger partial charge in [0.15, 0.2) is 24.5 Å². The third-order valence-corrected chi connectivity index (χ3v) is 14.9. The molecule has 0 spiro atoms. The van der Waals surface area contributed by atoms with Crippen molar-refractivity contribution in [3.05, 3.63) is 229 Å². The Kier molecular flexibility index (Phi) is 10.1. The first-order valence-electron chi connectivity index (χ1n) is 24.1. The Hall–Kier alpha value is -7.42. The predicted molar refractivity (Wildman–Crippen MR) is 274 cm³/mol. The van der Waals surface area contributed by atoms with Crippen molar-refractivity contribution in [3.8, 4) is 67.0 Å². The molecule has 4 atom stereocenters. The summed E-state index contributed by atoms with van der Waals surface area (Å²) in [4.78, 5) is 0. The molecule has 2 heteroatoms. The summed E-state index contributed by atoms with van der Waals surface area (Å²) in [6.45, 7) is 7.19. The van der Waals surface area contributed by atoms with E-state index < -0.39 is 0 Å². The zero-order valence-corrected chi connectivity index (χ0v) is 38.0. The highest BCUT2D eigenvalue weighted by molar-refractivity contribution is 5.97. The fraction of sp³-hybridized carbons (Fsp3) is 0.156. The van der Waals surface area contributed by atoms with Crippen molar-refractivity contribution in [2.75, 3.05) is 0 Å². The number of nitrogens with zero attached hydrogens (tertiary/aromatic N) is 2. The first-order chi connectivity index (χ1) is 32.6. The topological polar surface area (TPSA) is 7.76 Å². The third-order valence-electron chi connectivity index (χ3n) is 14.9. The van der Waals surface area contributed by atoms with Crippen LogP contribution in [0.1, 0.15) is 68.3 Å². The number of aryl methyl sites for hydroxylation is 1. The summed E-state index contributed by atoms with van der Waals surface area (Å²) in [6, 6.07) is 75.8. The number of fused-ring (bicyclic) bond motifs is 10. The van der Waals surface area contributed by atoms with Crippen LogP contribution < -0.4 is 9.13 Å². The Morgan fingerprint density at radius 2 is 0.985 bits per heavy atom. The Balaban J connectivity index is 1.02. The van der Waals surface area contributed by atoms with E-state index in [1.54, 1.807) is 0 Å². The van der Waals surface area contributed by atoms with Gasteiger partial charge in [0.2, 0.25) is 11.4 Å². The third kappa shape index (κ3) is 6.69. The minimum absolute atomic E-state index is 0.111. The van der Waals surface area contributed by atoms with Crippen molar-refractivity contribution in [3.63, 3.8) is 0 Å². The summed E-state index contributed by atoms with van der Waals surface area (Å²) in [5.41, 5.74) is 19.4. The molecule has 2 aliphatic heterocycles. The van der Waals surface area contributed by atoms with Crippen LogP contribution in [-0.4, -0.2) is 0 Å². The highest BCUT2D eigenvalue weighted by Crippen LogP contribution is 2.52. The molecule has 0 bridgehead atoms. The lowest BCUT2D eigenvalue weighted by Gasteiger charge is -2.28. The van der Waals surface area contributed by atoms with E-state index in [1.165, 1.54) is 105 Å². The molecule has 8 aromatic carbocycles. The van der Waals surface area contributed by atoms with Crippen molar-refractivity contribution >= 4 is 21.5 Å². The Morgan fingerprint density at radius 1 is 0.409 bits per heavy atom. The maximum atomic E-state index is 2.65. The molecule has 0 saturated heterocycles. The summed E-state index contributed by atoms with van der Waals surface area (Å²) >= 11 is 0. The largest absolute Gasteiger partial charge is 0.221 e. The van der Waals surface area contributed by atoms with Gasteiger partial charge in [0.25, 0.3) is 0 Å². The van der Waals surface area contributed by atoms with E-state index in [2.05, 4.69) is 242 Å². The lowest BCUT2D eigenvalue weighted by Crippen LogP contribution is -2.47. The second-order valence-electron chi connectivity index (χ2n) is 18.7. The molecule has 0 radical (unpaired) electrons. The van der Waals surface area contributed by atoms with E-state index in [0.717, 1.165) is 19.3 Å². The molecule has 2 aromatic heterocycles. The molecule has 318 valence electrons. The normalized spacial score (nSPS) is 17.2. The minimum atomic E-state index is 0.111. The summed E-state index contributed by atoms with van der Waals surface area (Å²) < 4.78 is 5.29. The standard InChI is InChI=1S/C64H54N2/c1-4-17-43-28-30-55-50(36-43)33-34-65-60(5-2)42(3)61(56-26-14-15-27-57(56)62(55)65)64-58-31-29-49(41-59(58)63-54-25-13-12-22-46(54)32-35-66(63)64)47-23-16-24-48(37-47)53-39-51(44-18-8-6-9-19-44)38-52(40-53)45-20-10-7-11-21-45/h6-16,18-42,60-61,64H,4-5,17H2,1-3H3/q+2. The smallest absolute Gasteiger partial charge is 0.195 e. The number of pyridine rings is 2. The lowest BCUT2D eigenvalue weighted by molar-refractivity contribution is -0.726. The fourth-order valence-corrected chi connectivity index (χ4v) is 11.9. The molecular formula is C64H54N2+2. The van der Waals surface area contributed by atoms with Gasteiger partial charge in [-0.1, -0.05) is 167 Å². The Labute approximate surface area is 389 Å². The SMILES string of the molecule is CCCc1ccc2c3[n+](ccc2c1)C(CC)C(C)C(C1c2ccc(-c4cccc(-c5cc(-c6ccccc6)cc(-c6ccccc6)c5)c4)cc2-c2c4ccccc4cc[n+]21)c1ccccc1-3. The molecule has 4 unspecified atom stereocenters. The monoisotopic (exact) mass is 850 g/mol. The van der Waals surface area contributed by atoms with Crippen LogP contribution in [0.3, 0.4) is 0 Å². The van der Waals surface area contributed by atoms with Crippen molar-refractivity contribution < 1.29 is 9.13 Å². The second-order valence-corrected chi connectivity index (χ2v) is 18.7. The van der Waals surface area contributed by atoms with Crippen molar-refractivity contribution in [2.45, 2.75) is 58.0 Å². The van der Waals surface area contributed by atoms with Gasteiger partial charge in [-0.2, -0.15) is 9.13 Å². The van der Waals surface area contributed by atoms with Gasteiger partial charge < -0.3 is 0 Å². The first-order valence-corrected chi connectivity index (χ1v) is 24.1. The number of benzene rings is 8. The summed E-state index contributed by atoms with van der Waals surface area (Å²) in [7, 11) is 0. The van der Waals surface area contributed by atoms with Crippen LogP contribution in [0.5, 0.6) is 0 Å². The molecule has 0 saturated carbocycles. The molecule has 0 amide bonds. The van der Waals surface area contributed by atoms with Crippen LogP contribution in [0.15, 0.2) is 213 Å². The molecule has 10 aromatic rings. The van der Waals surface area contributed by atoms with Crippen LogP contribution in [0.4, 0.5) is 0 Å². The van der Waals surface area contributed by atoms with Crippen LogP contribution in [0.25, 0.3) is 88.6 Å². The molecule has 0 aliphatic carbocycles. The fourth-order valence-electron chi connectivity index (χ4n) is 11.9. The van der Waals surface area contributed by atoms with Gasteiger partial charge in [0.1, 0.15) is 0 Å². The predicted octanol–water partition coefficient (Wildman–Crippen LogP) is 15.8.